The van der Waals surface area contributed by atoms with Gasteiger partial charge in [-0.25, -0.2) is 4.79 Å². The summed E-state index contributed by atoms with van der Waals surface area (Å²) in [6.45, 7) is 7.10. The zero-order valence-electron chi connectivity index (χ0n) is 12.4. The highest BCUT2D eigenvalue weighted by atomic mass is 16.6. The third-order valence-electron chi connectivity index (χ3n) is 3.38. The number of hydrazine groups is 1. The molecule has 2 heterocycles. The number of nitrogens with zero attached hydrogens (tertiary/aromatic N) is 1. The molecule has 112 valence electrons. The van der Waals surface area contributed by atoms with Gasteiger partial charge in [0.25, 0.3) is 0 Å². The van der Waals surface area contributed by atoms with Crippen LogP contribution in [0.5, 0.6) is 0 Å². The predicted octanol–water partition coefficient (Wildman–Crippen LogP) is 1.43. The molecule has 0 aliphatic carbocycles. The van der Waals surface area contributed by atoms with Crippen molar-refractivity contribution in [3.8, 4) is 0 Å². The van der Waals surface area contributed by atoms with Gasteiger partial charge in [0.05, 0.1) is 0 Å². The minimum absolute atomic E-state index is 0.219. The number of hydrogen-bond acceptors (Lipinski definition) is 5. The van der Waals surface area contributed by atoms with E-state index >= 15 is 0 Å². The maximum atomic E-state index is 12.0. The maximum Gasteiger partial charge on any atom is 0.410 e. The second-order valence-electron chi connectivity index (χ2n) is 6.24. The minimum Gasteiger partial charge on any atom is -0.444 e. The van der Waals surface area contributed by atoms with Crippen molar-refractivity contribution in [3.05, 3.63) is 23.7 Å². The van der Waals surface area contributed by atoms with Crippen LogP contribution in [0.3, 0.4) is 0 Å². The molecule has 0 saturated carbocycles. The normalized spacial score (nSPS) is 20.4. The molecule has 6 nitrogen and oxygen atoms in total. The first-order valence-corrected chi connectivity index (χ1v) is 7.02. The Balaban J connectivity index is 1.85. The van der Waals surface area contributed by atoms with E-state index in [1.165, 1.54) is 0 Å². The van der Waals surface area contributed by atoms with Gasteiger partial charge in [0.15, 0.2) is 0 Å². The van der Waals surface area contributed by atoms with E-state index in [4.69, 9.17) is 10.5 Å². The monoisotopic (exact) mass is 280 g/mol. The van der Waals surface area contributed by atoms with Crippen molar-refractivity contribution in [3.63, 3.8) is 0 Å². The molecule has 0 atom stereocenters. The second-order valence-corrected chi connectivity index (χ2v) is 6.24. The largest absolute Gasteiger partial charge is 0.444 e. The SMILES string of the molecule is CC(C)(C)OC(=O)N1CCC(C2=CC=C(N)NN2)CC1. The van der Waals surface area contributed by atoms with E-state index in [1.807, 2.05) is 32.9 Å². The van der Waals surface area contributed by atoms with E-state index in [2.05, 4.69) is 10.9 Å². The fourth-order valence-electron chi connectivity index (χ4n) is 2.34. The number of ether oxygens (including phenoxy) is 1. The van der Waals surface area contributed by atoms with E-state index in [-0.39, 0.29) is 6.09 Å². The zero-order chi connectivity index (χ0) is 14.8. The standard InChI is InChI=1S/C14H24N4O2/c1-14(2,3)20-13(19)18-8-6-10(7-9-18)11-4-5-12(15)17-16-11/h4-5,10,16-17H,6-9,15H2,1-3H3. The predicted molar refractivity (Wildman–Crippen MR) is 77.2 cm³/mol. The lowest BCUT2D eigenvalue weighted by molar-refractivity contribution is 0.0192. The van der Waals surface area contributed by atoms with Gasteiger partial charge in [-0.15, -0.1) is 0 Å². The molecular weight excluding hydrogens is 256 g/mol. The number of carbonyl (C=O) groups excluding carboxylic acids is 1. The minimum atomic E-state index is -0.437. The number of allylic oxidation sites excluding steroid dienone is 3. The van der Waals surface area contributed by atoms with Gasteiger partial charge in [0.1, 0.15) is 11.4 Å². The van der Waals surface area contributed by atoms with Crippen LogP contribution in [0.15, 0.2) is 23.7 Å². The molecule has 2 aliphatic rings. The van der Waals surface area contributed by atoms with Crippen LogP contribution in [0.4, 0.5) is 4.79 Å². The Labute approximate surface area is 120 Å². The van der Waals surface area contributed by atoms with Crippen LogP contribution in [0.25, 0.3) is 0 Å². The van der Waals surface area contributed by atoms with Gasteiger partial charge >= 0.3 is 6.09 Å². The Morgan fingerprint density at radius 3 is 2.45 bits per heavy atom. The lowest BCUT2D eigenvalue weighted by Crippen LogP contribution is -2.45. The highest BCUT2D eigenvalue weighted by Gasteiger charge is 2.28. The molecule has 1 amide bonds. The van der Waals surface area contributed by atoms with Crippen molar-refractivity contribution in [1.82, 2.24) is 15.8 Å². The molecule has 6 heteroatoms. The summed E-state index contributed by atoms with van der Waals surface area (Å²) in [6.07, 6.45) is 5.48. The molecule has 0 unspecified atom stereocenters. The van der Waals surface area contributed by atoms with Crippen molar-refractivity contribution in [2.24, 2.45) is 11.7 Å². The third-order valence-corrected chi connectivity index (χ3v) is 3.38. The molecule has 0 aromatic carbocycles. The Kier molecular flexibility index (Phi) is 4.11. The van der Waals surface area contributed by atoms with Crippen LogP contribution in [0.2, 0.25) is 0 Å². The zero-order valence-corrected chi connectivity index (χ0v) is 12.4. The van der Waals surface area contributed by atoms with E-state index in [9.17, 15) is 4.79 Å². The lowest BCUT2D eigenvalue weighted by Gasteiger charge is -2.35. The fourth-order valence-corrected chi connectivity index (χ4v) is 2.34. The summed E-state index contributed by atoms with van der Waals surface area (Å²) >= 11 is 0. The van der Waals surface area contributed by atoms with Gasteiger partial charge < -0.3 is 20.8 Å². The number of nitrogens with one attached hydrogen (secondary N) is 2. The molecule has 0 aromatic rings. The van der Waals surface area contributed by atoms with Crippen molar-refractivity contribution >= 4 is 6.09 Å². The van der Waals surface area contributed by atoms with Crippen LogP contribution >= 0.6 is 0 Å². The summed E-state index contributed by atoms with van der Waals surface area (Å²) < 4.78 is 5.39. The number of amides is 1. The molecule has 2 aliphatic heterocycles. The second kappa shape index (κ2) is 5.64. The smallest absolute Gasteiger partial charge is 0.410 e. The molecule has 2 rings (SSSR count). The summed E-state index contributed by atoms with van der Waals surface area (Å²) in [5.41, 5.74) is 12.3. The highest BCUT2D eigenvalue weighted by Crippen LogP contribution is 2.25. The number of likely N-dealkylation sites (tertiary alicyclic amines) is 1. The number of hydrogen-bond donors (Lipinski definition) is 3. The van der Waals surface area contributed by atoms with Crippen LogP contribution in [0, 0.1) is 5.92 Å². The Hall–Kier alpha value is -1.85. The van der Waals surface area contributed by atoms with Crippen LogP contribution in [-0.4, -0.2) is 29.7 Å². The molecule has 0 bridgehead atoms. The number of rotatable bonds is 1. The van der Waals surface area contributed by atoms with Gasteiger partial charge in [-0.1, -0.05) is 0 Å². The van der Waals surface area contributed by atoms with Gasteiger partial charge in [-0.2, -0.15) is 0 Å². The summed E-state index contributed by atoms with van der Waals surface area (Å²) in [7, 11) is 0. The van der Waals surface area contributed by atoms with Crippen molar-refractivity contribution in [2.45, 2.75) is 39.2 Å². The molecule has 0 spiro atoms. The topological polar surface area (TPSA) is 79.6 Å². The Morgan fingerprint density at radius 2 is 1.95 bits per heavy atom. The molecular formula is C14H24N4O2. The first-order chi connectivity index (χ1) is 9.35. The highest BCUT2D eigenvalue weighted by molar-refractivity contribution is 5.68. The number of nitrogens with two attached hydrogens (primary N) is 1. The number of carbonyl (C=O) groups is 1. The Bertz CT molecular complexity index is 429. The molecule has 20 heavy (non-hydrogen) atoms. The van der Waals surface area contributed by atoms with Crippen molar-refractivity contribution in [1.29, 1.82) is 0 Å². The van der Waals surface area contributed by atoms with Crippen molar-refractivity contribution in [2.75, 3.05) is 13.1 Å². The first kappa shape index (κ1) is 14.6. The van der Waals surface area contributed by atoms with Gasteiger partial charge in [-0.05, 0) is 45.8 Å². The van der Waals surface area contributed by atoms with Crippen LogP contribution in [0.1, 0.15) is 33.6 Å². The lowest BCUT2D eigenvalue weighted by atomic mass is 9.93. The summed E-state index contributed by atoms with van der Waals surface area (Å²) in [5, 5.41) is 0. The fraction of sp³-hybridized carbons (Fsp3) is 0.643. The average Bonchev–Trinajstić information content (AvgIpc) is 2.38. The van der Waals surface area contributed by atoms with Crippen LogP contribution < -0.4 is 16.6 Å². The number of piperidine rings is 1. The molecule has 1 fully saturated rings. The van der Waals surface area contributed by atoms with Crippen molar-refractivity contribution < 1.29 is 9.53 Å². The maximum absolute atomic E-state index is 12.0. The van der Waals surface area contributed by atoms with E-state index < -0.39 is 5.60 Å². The molecule has 0 aromatic heterocycles. The van der Waals surface area contributed by atoms with E-state index in [0.29, 0.717) is 11.7 Å². The molecule has 1 saturated heterocycles. The van der Waals surface area contributed by atoms with Crippen LogP contribution in [-0.2, 0) is 4.74 Å². The average molecular weight is 280 g/mol. The van der Waals surface area contributed by atoms with Gasteiger partial charge in [0.2, 0.25) is 0 Å². The van der Waals surface area contributed by atoms with Gasteiger partial charge in [0, 0.05) is 24.7 Å². The molecule has 0 radical (unpaired) electrons. The van der Waals surface area contributed by atoms with E-state index in [0.717, 1.165) is 31.6 Å². The molecule has 4 N–H and O–H groups in total. The summed E-state index contributed by atoms with van der Waals surface area (Å²) in [4.78, 5) is 13.8. The summed E-state index contributed by atoms with van der Waals surface area (Å²) in [5.74, 6) is 1.03. The summed E-state index contributed by atoms with van der Waals surface area (Å²) in [6, 6.07) is 0. The first-order valence-electron chi connectivity index (χ1n) is 7.02. The Morgan fingerprint density at radius 1 is 1.30 bits per heavy atom. The third kappa shape index (κ3) is 3.82. The van der Waals surface area contributed by atoms with E-state index in [1.54, 1.807) is 4.90 Å². The van der Waals surface area contributed by atoms with Gasteiger partial charge in [-0.3, -0.25) is 5.43 Å². The quantitative estimate of drug-likeness (QED) is 0.677.